The maximum absolute atomic E-state index is 9.59. The summed E-state index contributed by atoms with van der Waals surface area (Å²) < 4.78 is 5.20. The van der Waals surface area contributed by atoms with Crippen molar-refractivity contribution in [2.45, 2.75) is 18.6 Å². The van der Waals surface area contributed by atoms with Crippen molar-refractivity contribution in [2.24, 2.45) is 0 Å². The zero-order valence-corrected chi connectivity index (χ0v) is 7.03. The van der Waals surface area contributed by atoms with Crippen LogP contribution in [0.15, 0.2) is 24.3 Å². The van der Waals surface area contributed by atoms with E-state index < -0.39 is 0 Å². The van der Waals surface area contributed by atoms with Crippen LogP contribution >= 0.6 is 0 Å². The molecule has 2 nitrogen and oxygen atoms in total. The molecule has 0 bridgehead atoms. The van der Waals surface area contributed by atoms with Gasteiger partial charge < -0.3 is 9.84 Å². The van der Waals surface area contributed by atoms with Crippen molar-refractivity contribution in [3.63, 3.8) is 0 Å². The first-order valence-corrected chi connectivity index (χ1v) is 4.11. The summed E-state index contributed by atoms with van der Waals surface area (Å²) in [5, 5.41) is 9.59. The van der Waals surface area contributed by atoms with Crippen LogP contribution < -0.4 is 0 Å². The first kappa shape index (κ1) is 7.77. The molecule has 0 aromatic heterocycles. The average molecular weight is 164 g/mol. The van der Waals surface area contributed by atoms with Crippen LogP contribution in [0.2, 0.25) is 0 Å². The Balaban J connectivity index is 2.40. The maximum Gasteiger partial charge on any atom is 0.109 e. The minimum atomic E-state index is -0.368. The highest BCUT2D eigenvalue weighted by Gasteiger charge is 2.30. The van der Waals surface area contributed by atoms with E-state index in [1.807, 2.05) is 24.3 Å². The lowest BCUT2D eigenvalue weighted by Gasteiger charge is -2.12. The van der Waals surface area contributed by atoms with Gasteiger partial charge in [0.1, 0.15) is 6.10 Å². The summed E-state index contributed by atoms with van der Waals surface area (Å²) in [6.45, 7) is 0. The second kappa shape index (κ2) is 2.88. The van der Waals surface area contributed by atoms with Crippen LogP contribution in [0, 0.1) is 0 Å². The molecular formula is C10H12O2. The number of hydrogen-bond donors (Lipinski definition) is 1. The van der Waals surface area contributed by atoms with Crippen molar-refractivity contribution >= 4 is 0 Å². The van der Waals surface area contributed by atoms with E-state index in [9.17, 15) is 5.11 Å². The summed E-state index contributed by atoms with van der Waals surface area (Å²) in [5.74, 6) is 0. The van der Waals surface area contributed by atoms with Gasteiger partial charge in [-0.05, 0) is 11.1 Å². The van der Waals surface area contributed by atoms with Gasteiger partial charge in [0.05, 0.1) is 6.10 Å². The van der Waals surface area contributed by atoms with E-state index in [1.165, 1.54) is 5.56 Å². The van der Waals surface area contributed by atoms with Gasteiger partial charge in [0.15, 0.2) is 0 Å². The number of rotatable bonds is 1. The number of methoxy groups -OCH3 is 1. The number of fused-ring (bicyclic) bond motifs is 1. The largest absolute Gasteiger partial charge is 0.390 e. The minimum Gasteiger partial charge on any atom is -0.390 e. The molecule has 0 fully saturated rings. The molecule has 2 heteroatoms. The molecule has 0 heterocycles. The second-order valence-corrected chi connectivity index (χ2v) is 3.13. The minimum absolute atomic E-state index is 0.124. The van der Waals surface area contributed by atoms with E-state index in [0.29, 0.717) is 6.42 Å². The third kappa shape index (κ3) is 1.04. The van der Waals surface area contributed by atoms with E-state index in [2.05, 4.69) is 0 Å². The molecule has 12 heavy (non-hydrogen) atoms. The highest BCUT2D eigenvalue weighted by molar-refractivity contribution is 5.35. The summed E-state index contributed by atoms with van der Waals surface area (Å²) in [6, 6.07) is 8.02. The van der Waals surface area contributed by atoms with Crippen LogP contribution in [-0.2, 0) is 11.2 Å². The van der Waals surface area contributed by atoms with Gasteiger partial charge in [0.2, 0.25) is 0 Å². The Labute approximate surface area is 71.8 Å². The summed E-state index contributed by atoms with van der Waals surface area (Å²) in [7, 11) is 1.63. The molecule has 64 valence electrons. The number of hydrogen-bond acceptors (Lipinski definition) is 2. The summed E-state index contributed by atoms with van der Waals surface area (Å²) >= 11 is 0. The van der Waals surface area contributed by atoms with Crippen LogP contribution in [0.3, 0.4) is 0 Å². The average Bonchev–Trinajstić information content (AvgIpc) is 2.40. The Morgan fingerprint density at radius 2 is 2.17 bits per heavy atom. The zero-order valence-electron chi connectivity index (χ0n) is 7.03. The van der Waals surface area contributed by atoms with Crippen LogP contribution in [0.1, 0.15) is 17.2 Å². The first-order valence-electron chi connectivity index (χ1n) is 4.11. The Morgan fingerprint density at radius 3 is 2.92 bits per heavy atom. The van der Waals surface area contributed by atoms with Gasteiger partial charge in [-0.25, -0.2) is 0 Å². The molecule has 1 aromatic rings. The summed E-state index contributed by atoms with van der Waals surface area (Å²) in [4.78, 5) is 0. The quantitative estimate of drug-likeness (QED) is 0.677. The lowest BCUT2D eigenvalue weighted by Crippen LogP contribution is -2.14. The molecular weight excluding hydrogens is 152 g/mol. The molecule has 0 spiro atoms. The highest BCUT2D eigenvalue weighted by Crippen LogP contribution is 2.33. The van der Waals surface area contributed by atoms with Crippen molar-refractivity contribution in [2.75, 3.05) is 7.11 Å². The Morgan fingerprint density at radius 1 is 1.42 bits per heavy atom. The van der Waals surface area contributed by atoms with Gasteiger partial charge in [-0.2, -0.15) is 0 Å². The van der Waals surface area contributed by atoms with E-state index in [4.69, 9.17) is 4.74 Å². The Kier molecular flexibility index (Phi) is 1.87. The summed E-state index contributed by atoms with van der Waals surface area (Å²) in [5.41, 5.74) is 2.34. The van der Waals surface area contributed by atoms with Crippen LogP contribution in [0.25, 0.3) is 0 Å². The molecule has 2 atom stereocenters. The van der Waals surface area contributed by atoms with Crippen molar-refractivity contribution in [1.82, 2.24) is 0 Å². The molecule has 2 rings (SSSR count). The molecule has 0 saturated heterocycles. The normalized spacial score (nSPS) is 27.2. The van der Waals surface area contributed by atoms with Crippen molar-refractivity contribution < 1.29 is 9.84 Å². The van der Waals surface area contributed by atoms with Crippen molar-refractivity contribution in [3.8, 4) is 0 Å². The molecule has 0 saturated carbocycles. The Bertz CT molecular complexity index is 283. The van der Waals surface area contributed by atoms with Gasteiger partial charge in [-0.3, -0.25) is 0 Å². The van der Waals surface area contributed by atoms with E-state index >= 15 is 0 Å². The summed E-state index contributed by atoms with van der Waals surface area (Å²) in [6.07, 6.45) is 0.225. The van der Waals surface area contributed by atoms with E-state index in [1.54, 1.807) is 7.11 Å². The predicted molar refractivity (Wildman–Crippen MR) is 45.9 cm³/mol. The third-order valence-electron chi connectivity index (χ3n) is 2.39. The molecule has 0 amide bonds. The zero-order chi connectivity index (χ0) is 8.55. The van der Waals surface area contributed by atoms with Gasteiger partial charge in [0.25, 0.3) is 0 Å². The molecule has 1 aromatic carbocycles. The van der Waals surface area contributed by atoms with Gasteiger partial charge in [-0.15, -0.1) is 0 Å². The molecule has 1 aliphatic rings. The van der Waals surface area contributed by atoms with Crippen LogP contribution in [0.4, 0.5) is 0 Å². The predicted octanol–water partition coefficient (Wildman–Crippen LogP) is 1.29. The van der Waals surface area contributed by atoms with E-state index in [-0.39, 0.29) is 12.2 Å². The molecule has 1 aliphatic carbocycles. The van der Waals surface area contributed by atoms with Gasteiger partial charge in [-0.1, -0.05) is 24.3 Å². The fourth-order valence-corrected chi connectivity index (χ4v) is 1.82. The SMILES string of the molecule is CO[C@H]1c2ccccc2C[C@@H]1O. The van der Waals surface area contributed by atoms with E-state index in [0.717, 1.165) is 5.56 Å². The van der Waals surface area contributed by atoms with Crippen molar-refractivity contribution in [1.29, 1.82) is 0 Å². The maximum atomic E-state index is 9.59. The lowest BCUT2D eigenvalue weighted by atomic mass is 10.1. The first-order chi connectivity index (χ1) is 5.83. The monoisotopic (exact) mass is 164 g/mol. The second-order valence-electron chi connectivity index (χ2n) is 3.13. The molecule has 0 unspecified atom stereocenters. The smallest absolute Gasteiger partial charge is 0.109 e. The number of aliphatic hydroxyl groups is 1. The fraction of sp³-hybridized carbons (Fsp3) is 0.400. The van der Waals surface area contributed by atoms with Crippen molar-refractivity contribution in [3.05, 3.63) is 35.4 Å². The van der Waals surface area contributed by atoms with Crippen LogP contribution in [0.5, 0.6) is 0 Å². The standard InChI is InChI=1S/C10H12O2/c1-12-10-8-5-3-2-4-7(8)6-9(10)11/h2-5,9-11H,6H2,1H3/t9-,10-/m0/s1. The molecule has 1 N–H and O–H groups in total. The number of aliphatic hydroxyl groups excluding tert-OH is 1. The third-order valence-corrected chi connectivity index (χ3v) is 2.39. The number of benzene rings is 1. The molecule has 0 aliphatic heterocycles. The fourth-order valence-electron chi connectivity index (χ4n) is 1.82. The highest BCUT2D eigenvalue weighted by atomic mass is 16.5. The number of ether oxygens (including phenoxy) is 1. The Hall–Kier alpha value is -0.860. The van der Waals surface area contributed by atoms with Gasteiger partial charge >= 0.3 is 0 Å². The topological polar surface area (TPSA) is 29.5 Å². The lowest BCUT2D eigenvalue weighted by molar-refractivity contribution is -0.000807. The van der Waals surface area contributed by atoms with Gasteiger partial charge in [0, 0.05) is 13.5 Å². The molecule has 0 radical (unpaired) electrons. The van der Waals surface area contributed by atoms with Crippen LogP contribution in [-0.4, -0.2) is 18.3 Å².